The Labute approximate surface area is 156 Å². The summed E-state index contributed by atoms with van der Waals surface area (Å²) in [5.41, 5.74) is 0.759. The molecule has 1 unspecified atom stereocenters. The van der Waals surface area contributed by atoms with Crippen molar-refractivity contribution < 1.29 is 27.4 Å². The van der Waals surface area contributed by atoms with Crippen LogP contribution in [0.2, 0.25) is 0 Å². The molecule has 0 radical (unpaired) electrons. The number of benzene rings is 2. The number of para-hydroxylation sites is 1. The molecule has 9 heteroatoms. The van der Waals surface area contributed by atoms with Crippen molar-refractivity contribution in [3.05, 3.63) is 48.5 Å². The Balaban J connectivity index is 1.42. The second-order valence-corrected chi connectivity index (χ2v) is 7.91. The van der Waals surface area contributed by atoms with Crippen molar-refractivity contribution in [1.29, 1.82) is 0 Å². The zero-order valence-electron chi connectivity index (χ0n) is 14.3. The molecule has 1 atom stereocenters. The largest absolute Gasteiger partial charge is 0.454 e. The maximum atomic E-state index is 12.5. The molecule has 1 amide bonds. The maximum Gasteiger partial charge on any atom is 0.253 e. The van der Waals surface area contributed by atoms with Crippen molar-refractivity contribution >= 4 is 21.6 Å². The van der Waals surface area contributed by atoms with Crippen LogP contribution in [0.25, 0.3) is 0 Å². The minimum Gasteiger partial charge on any atom is -0.454 e. The highest BCUT2D eigenvalue weighted by molar-refractivity contribution is 7.89. The van der Waals surface area contributed by atoms with Crippen molar-refractivity contribution in [1.82, 2.24) is 4.72 Å². The molecule has 2 aliphatic rings. The van der Waals surface area contributed by atoms with Gasteiger partial charge in [0.25, 0.3) is 5.91 Å². The molecule has 0 aromatic heterocycles. The van der Waals surface area contributed by atoms with Gasteiger partial charge in [-0.2, -0.15) is 0 Å². The van der Waals surface area contributed by atoms with Gasteiger partial charge in [-0.15, -0.1) is 0 Å². The van der Waals surface area contributed by atoms with Crippen molar-refractivity contribution in [3.63, 3.8) is 0 Å². The summed E-state index contributed by atoms with van der Waals surface area (Å²) in [5, 5.41) is 0. The summed E-state index contributed by atoms with van der Waals surface area (Å²) in [5.74, 6) is 0.755. The molecule has 8 nitrogen and oxygen atoms in total. The number of nitrogens with zero attached hydrogens (tertiary/aromatic N) is 1. The lowest BCUT2D eigenvalue weighted by Crippen LogP contribution is -2.50. The van der Waals surface area contributed by atoms with E-state index in [9.17, 15) is 13.2 Å². The van der Waals surface area contributed by atoms with Crippen LogP contribution >= 0.6 is 0 Å². The first-order valence-electron chi connectivity index (χ1n) is 8.39. The number of ether oxygens (including phenoxy) is 3. The van der Waals surface area contributed by atoms with E-state index in [0.29, 0.717) is 11.5 Å². The Hall–Kier alpha value is -2.62. The minimum atomic E-state index is -3.75. The number of carbonyl (C=O) groups excluding carboxylic acids is 1. The summed E-state index contributed by atoms with van der Waals surface area (Å²) in [6.45, 7) is 0.302. The molecule has 142 valence electrons. The van der Waals surface area contributed by atoms with Crippen LogP contribution in [0, 0.1) is 0 Å². The Morgan fingerprint density at radius 1 is 1.07 bits per heavy atom. The molecule has 0 spiro atoms. The van der Waals surface area contributed by atoms with Crippen molar-refractivity contribution in [2.75, 3.05) is 31.4 Å². The lowest BCUT2D eigenvalue weighted by molar-refractivity contribution is -0.129. The van der Waals surface area contributed by atoms with E-state index in [2.05, 4.69) is 4.72 Å². The predicted octanol–water partition coefficient (Wildman–Crippen LogP) is 1.13. The summed E-state index contributed by atoms with van der Waals surface area (Å²) in [6, 6.07) is 13.7. The summed E-state index contributed by atoms with van der Waals surface area (Å²) in [4.78, 5) is 13.8. The highest BCUT2D eigenvalue weighted by Gasteiger charge is 2.29. The molecule has 2 aromatic carbocycles. The SMILES string of the molecule is O=C1COC(CNS(=O)(=O)c2ccc3c(c2)OCO3)CN1c1ccccc1. The number of hydrogen-bond donors (Lipinski definition) is 1. The standard InChI is InChI=1S/C18H18N2O6S/c21-18-11-24-14(10-20(18)13-4-2-1-3-5-13)9-19-27(22,23)15-6-7-16-17(8-15)26-12-25-16/h1-8,14,19H,9-12H2. The molecule has 2 aliphatic heterocycles. The second kappa shape index (κ2) is 7.18. The number of carbonyl (C=O) groups is 1. The predicted molar refractivity (Wildman–Crippen MR) is 96.3 cm³/mol. The van der Waals surface area contributed by atoms with Crippen LogP contribution in [0.4, 0.5) is 5.69 Å². The van der Waals surface area contributed by atoms with Gasteiger partial charge in [-0.05, 0) is 24.3 Å². The molecule has 1 saturated heterocycles. The van der Waals surface area contributed by atoms with Crippen LogP contribution in [0.3, 0.4) is 0 Å². The number of morpholine rings is 1. The second-order valence-electron chi connectivity index (χ2n) is 6.14. The van der Waals surface area contributed by atoms with E-state index in [1.807, 2.05) is 30.3 Å². The van der Waals surface area contributed by atoms with Crippen LogP contribution in [0.5, 0.6) is 11.5 Å². The quantitative estimate of drug-likeness (QED) is 0.822. The number of rotatable bonds is 5. The van der Waals surface area contributed by atoms with Gasteiger partial charge in [0.15, 0.2) is 11.5 Å². The summed E-state index contributed by atoms with van der Waals surface area (Å²) in [7, 11) is -3.75. The lowest BCUT2D eigenvalue weighted by atomic mass is 10.2. The van der Waals surface area contributed by atoms with Crippen LogP contribution in [0.15, 0.2) is 53.4 Å². The van der Waals surface area contributed by atoms with Gasteiger partial charge in [0, 0.05) is 18.3 Å². The van der Waals surface area contributed by atoms with Gasteiger partial charge in [0.05, 0.1) is 17.5 Å². The Kier molecular flexibility index (Phi) is 4.73. The smallest absolute Gasteiger partial charge is 0.253 e. The first kappa shape index (κ1) is 17.8. The molecule has 1 fully saturated rings. The van der Waals surface area contributed by atoms with E-state index in [1.54, 1.807) is 11.0 Å². The van der Waals surface area contributed by atoms with E-state index in [1.165, 1.54) is 12.1 Å². The summed E-state index contributed by atoms with van der Waals surface area (Å²) >= 11 is 0. The van der Waals surface area contributed by atoms with E-state index >= 15 is 0 Å². The minimum absolute atomic E-state index is 0.0490. The van der Waals surface area contributed by atoms with Crippen molar-refractivity contribution in [2.24, 2.45) is 0 Å². The average molecular weight is 390 g/mol. The Morgan fingerprint density at radius 2 is 1.85 bits per heavy atom. The van der Waals surface area contributed by atoms with Gasteiger partial charge in [-0.25, -0.2) is 13.1 Å². The topological polar surface area (TPSA) is 94.2 Å². The fourth-order valence-corrected chi connectivity index (χ4v) is 4.02. The highest BCUT2D eigenvalue weighted by atomic mass is 32.2. The summed E-state index contributed by atoms with van der Waals surface area (Å²) < 4.78 is 43.5. The monoisotopic (exact) mass is 390 g/mol. The number of anilines is 1. The number of fused-ring (bicyclic) bond motifs is 1. The van der Waals surface area contributed by atoms with Gasteiger partial charge in [0.1, 0.15) is 6.61 Å². The molecular weight excluding hydrogens is 372 g/mol. The van der Waals surface area contributed by atoms with Crippen LogP contribution in [0.1, 0.15) is 0 Å². The third-order valence-corrected chi connectivity index (χ3v) is 5.77. The van der Waals surface area contributed by atoms with Crippen LogP contribution in [-0.4, -0.2) is 46.9 Å². The Bertz CT molecular complexity index is 948. The molecular formula is C18H18N2O6S. The molecule has 27 heavy (non-hydrogen) atoms. The van der Waals surface area contributed by atoms with E-state index in [0.717, 1.165) is 5.69 Å². The fraction of sp³-hybridized carbons (Fsp3) is 0.278. The maximum absolute atomic E-state index is 12.5. The van der Waals surface area contributed by atoms with Crippen LogP contribution in [-0.2, 0) is 19.6 Å². The zero-order valence-corrected chi connectivity index (χ0v) is 15.1. The molecule has 0 saturated carbocycles. The normalized spacial score (nSPS) is 19.3. The van der Waals surface area contributed by atoms with Gasteiger partial charge < -0.3 is 19.1 Å². The zero-order chi connectivity index (χ0) is 18.9. The molecule has 2 aromatic rings. The van der Waals surface area contributed by atoms with E-state index in [-0.39, 0.29) is 37.3 Å². The molecule has 4 rings (SSSR count). The number of sulfonamides is 1. The molecule has 2 heterocycles. The average Bonchev–Trinajstić information content (AvgIpc) is 3.16. The first-order chi connectivity index (χ1) is 13.0. The third kappa shape index (κ3) is 3.75. The van der Waals surface area contributed by atoms with Gasteiger partial charge in [0.2, 0.25) is 16.8 Å². The molecule has 0 bridgehead atoms. The van der Waals surface area contributed by atoms with Gasteiger partial charge in [-0.1, -0.05) is 18.2 Å². The lowest BCUT2D eigenvalue weighted by Gasteiger charge is -2.32. The fourth-order valence-electron chi connectivity index (χ4n) is 2.94. The third-order valence-electron chi connectivity index (χ3n) is 4.35. The first-order valence-corrected chi connectivity index (χ1v) is 9.87. The number of amides is 1. The van der Waals surface area contributed by atoms with Crippen molar-refractivity contribution in [3.8, 4) is 11.5 Å². The summed E-state index contributed by atoms with van der Waals surface area (Å²) in [6.07, 6.45) is -0.452. The van der Waals surface area contributed by atoms with Gasteiger partial charge >= 0.3 is 0 Å². The number of nitrogens with one attached hydrogen (secondary N) is 1. The molecule has 0 aliphatic carbocycles. The van der Waals surface area contributed by atoms with E-state index < -0.39 is 16.1 Å². The highest BCUT2D eigenvalue weighted by Crippen LogP contribution is 2.33. The van der Waals surface area contributed by atoms with Gasteiger partial charge in [-0.3, -0.25) is 4.79 Å². The number of hydrogen-bond acceptors (Lipinski definition) is 6. The van der Waals surface area contributed by atoms with Crippen molar-refractivity contribution in [2.45, 2.75) is 11.0 Å². The van der Waals surface area contributed by atoms with E-state index in [4.69, 9.17) is 14.2 Å². The van der Waals surface area contributed by atoms with Crippen LogP contribution < -0.4 is 19.1 Å². The molecule has 1 N–H and O–H groups in total. The Morgan fingerprint density at radius 3 is 2.67 bits per heavy atom.